The Labute approximate surface area is 103 Å². The van der Waals surface area contributed by atoms with Gasteiger partial charge in [0.2, 0.25) is 15.2 Å². The molecule has 17 heavy (non-hydrogen) atoms. The quantitative estimate of drug-likeness (QED) is 0.508. The van der Waals surface area contributed by atoms with Gasteiger partial charge >= 0.3 is 5.69 Å². The van der Waals surface area contributed by atoms with Crippen molar-refractivity contribution in [1.29, 1.82) is 0 Å². The van der Waals surface area contributed by atoms with Gasteiger partial charge in [-0.3, -0.25) is 10.1 Å². The molecule has 9 heteroatoms. The number of sulfonamides is 1. The molecular weight excluding hydrogens is 270 g/mol. The van der Waals surface area contributed by atoms with Crippen LogP contribution >= 0.6 is 11.6 Å². The number of aromatic nitrogens is 1. The largest absolute Gasteiger partial charge is 0.310 e. The molecule has 0 saturated carbocycles. The Balaban J connectivity index is 3.50. The zero-order valence-corrected chi connectivity index (χ0v) is 10.4. The summed E-state index contributed by atoms with van der Waals surface area (Å²) in [6.07, 6.45) is 1.32. The van der Waals surface area contributed by atoms with E-state index in [1.54, 1.807) is 6.92 Å². The average molecular weight is 280 g/mol. The predicted octanol–water partition coefficient (Wildman–Crippen LogP) is 1.38. The molecule has 1 aromatic rings. The fraction of sp³-hybridized carbons (Fsp3) is 0.375. The molecule has 1 atom stereocenters. The van der Waals surface area contributed by atoms with Gasteiger partial charge in [0.1, 0.15) is 5.25 Å². The highest BCUT2D eigenvalue weighted by atomic mass is 35.5. The van der Waals surface area contributed by atoms with Crippen molar-refractivity contribution < 1.29 is 13.3 Å². The SMILES string of the molecule is CCC(c1ccnc(Cl)c1[N+](=O)[O-])S(N)(=O)=O. The molecule has 0 radical (unpaired) electrons. The zero-order chi connectivity index (χ0) is 13.2. The van der Waals surface area contributed by atoms with E-state index in [0.29, 0.717) is 0 Å². The Kier molecular flexibility index (Phi) is 4.02. The van der Waals surface area contributed by atoms with Crippen LogP contribution in [-0.4, -0.2) is 18.3 Å². The van der Waals surface area contributed by atoms with E-state index in [-0.39, 0.29) is 17.1 Å². The lowest BCUT2D eigenvalue weighted by atomic mass is 10.1. The van der Waals surface area contributed by atoms with Crippen molar-refractivity contribution in [2.75, 3.05) is 0 Å². The summed E-state index contributed by atoms with van der Waals surface area (Å²) in [4.78, 5) is 13.6. The van der Waals surface area contributed by atoms with Gasteiger partial charge in [0.25, 0.3) is 0 Å². The van der Waals surface area contributed by atoms with Crippen LogP contribution in [0, 0.1) is 10.1 Å². The molecule has 7 nitrogen and oxygen atoms in total. The monoisotopic (exact) mass is 279 g/mol. The molecule has 0 aliphatic carbocycles. The maximum Gasteiger partial charge on any atom is 0.310 e. The summed E-state index contributed by atoms with van der Waals surface area (Å²) in [5.41, 5.74) is -0.560. The summed E-state index contributed by atoms with van der Waals surface area (Å²) in [5, 5.41) is 14.3. The molecule has 1 unspecified atom stereocenters. The molecule has 0 bridgehead atoms. The second-order valence-corrected chi connectivity index (χ2v) is 5.39. The van der Waals surface area contributed by atoms with Crippen molar-refractivity contribution in [2.24, 2.45) is 5.14 Å². The van der Waals surface area contributed by atoms with Crippen LogP contribution in [0.5, 0.6) is 0 Å². The maximum atomic E-state index is 11.3. The molecule has 0 saturated heterocycles. The van der Waals surface area contributed by atoms with Crippen LogP contribution in [0.25, 0.3) is 0 Å². The summed E-state index contributed by atoms with van der Waals surface area (Å²) in [7, 11) is -3.93. The second kappa shape index (κ2) is 4.94. The van der Waals surface area contributed by atoms with Gasteiger partial charge in [0.05, 0.1) is 10.5 Å². The summed E-state index contributed by atoms with van der Waals surface area (Å²) in [6, 6.07) is 1.24. The van der Waals surface area contributed by atoms with Crippen LogP contribution in [0.15, 0.2) is 12.3 Å². The number of nitrogens with zero attached hydrogens (tertiary/aromatic N) is 2. The van der Waals surface area contributed by atoms with Crippen LogP contribution < -0.4 is 5.14 Å². The first kappa shape index (κ1) is 13.8. The average Bonchev–Trinajstić information content (AvgIpc) is 2.15. The Bertz CT molecular complexity index is 546. The first-order valence-electron chi connectivity index (χ1n) is 4.59. The van der Waals surface area contributed by atoms with Gasteiger partial charge in [-0.15, -0.1) is 0 Å². The first-order valence-corrected chi connectivity index (χ1v) is 6.58. The minimum absolute atomic E-state index is 0.0417. The minimum Gasteiger partial charge on any atom is -0.258 e. The van der Waals surface area contributed by atoms with Crippen LogP contribution in [0.2, 0.25) is 5.15 Å². The summed E-state index contributed by atoms with van der Waals surface area (Å²) >= 11 is 5.59. The number of hydrogen-bond acceptors (Lipinski definition) is 5. The number of hydrogen-bond donors (Lipinski definition) is 1. The van der Waals surface area contributed by atoms with Crippen molar-refractivity contribution in [2.45, 2.75) is 18.6 Å². The van der Waals surface area contributed by atoms with Crippen LogP contribution in [0.4, 0.5) is 5.69 Å². The number of nitro groups is 1. The lowest BCUT2D eigenvalue weighted by Gasteiger charge is -2.12. The van der Waals surface area contributed by atoms with Crippen LogP contribution in [0.3, 0.4) is 0 Å². The predicted molar refractivity (Wildman–Crippen MR) is 62.0 cm³/mol. The van der Waals surface area contributed by atoms with Gasteiger partial charge in [0.15, 0.2) is 0 Å². The molecule has 0 aliphatic rings. The molecular formula is C8H10ClN3O4S. The Morgan fingerprint density at radius 3 is 2.65 bits per heavy atom. The fourth-order valence-electron chi connectivity index (χ4n) is 1.51. The Morgan fingerprint density at radius 2 is 2.24 bits per heavy atom. The third-order valence-electron chi connectivity index (χ3n) is 2.21. The molecule has 1 aromatic heterocycles. The second-order valence-electron chi connectivity index (χ2n) is 3.28. The van der Waals surface area contributed by atoms with E-state index in [2.05, 4.69) is 4.98 Å². The van der Waals surface area contributed by atoms with Crippen LogP contribution in [-0.2, 0) is 10.0 Å². The van der Waals surface area contributed by atoms with E-state index < -0.39 is 25.9 Å². The lowest BCUT2D eigenvalue weighted by molar-refractivity contribution is -0.385. The lowest BCUT2D eigenvalue weighted by Crippen LogP contribution is -2.22. The van der Waals surface area contributed by atoms with Gasteiger partial charge in [0, 0.05) is 6.20 Å². The number of rotatable bonds is 4. The van der Waals surface area contributed by atoms with Crippen molar-refractivity contribution >= 4 is 27.3 Å². The van der Waals surface area contributed by atoms with E-state index in [9.17, 15) is 18.5 Å². The molecule has 0 aliphatic heterocycles. The zero-order valence-electron chi connectivity index (χ0n) is 8.83. The molecule has 0 amide bonds. The number of nitrogens with two attached hydrogens (primary N) is 1. The fourth-order valence-corrected chi connectivity index (χ4v) is 2.76. The Hall–Kier alpha value is -1.25. The Morgan fingerprint density at radius 1 is 1.65 bits per heavy atom. The van der Waals surface area contributed by atoms with Gasteiger partial charge in [-0.25, -0.2) is 18.5 Å². The van der Waals surface area contributed by atoms with Gasteiger partial charge < -0.3 is 0 Å². The number of pyridine rings is 1. The molecule has 0 spiro atoms. The normalized spacial score (nSPS) is 13.4. The van der Waals surface area contributed by atoms with Crippen molar-refractivity contribution in [3.8, 4) is 0 Å². The molecule has 0 fully saturated rings. The number of primary sulfonamides is 1. The van der Waals surface area contributed by atoms with Crippen molar-refractivity contribution in [3.05, 3.63) is 33.1 Å². The van der Waals surface area contributed by atoms with Crippen molar-refractivity contribution in [1.82, 2.24) is 4.98 Å². The molecule has 1 heterocycles. The highest BCUT2D eigenvalue weighted by molar-refractivity contribution is 7.89. The summed E-state index contributed by atoms with van der Waals surface area (Å²) in [6.45, 7) is 1.56. The van der Waals surface area contributed by atoms with Gasteiger partial charge in [-0.05, 0) is 12.5 Å². The highest BCUT2D eigenvalue weighted by Gasteiger charge is 2.31. The maximum absolute atomic E-state index is 11.3. The van der Waals surface area contributed by atoms with Crippen LogP contribution in [0.1, 0.15) is 24.2 Å². The summed E-state index contributed by atoms with van der Waals surface area (Å²) < 4.78 is 22.7. The molecule has 1 rings (SSSR count). The smallest absolute Gasteiger partial charge is 0.258 e. The van der Waals surface area contributed by atoms with E-state index >= 15 is 0 Å². The van der Waals surface area contributed by atoms with E-state index in [0.717, 1.165) is 0 Å². The minimum atomic E-state index is -3.93. The molecule has 0 aromatic carbocycles. The highest BCUT2D eigenvalue weighted by Crippen LogP contribution is 2.35. The third-order valence-corrected chi connectivity index (χ3v) is 3.86. The van der Waals surface area contributed by atoms with Gasteiger partial charge in [-0.2, -0.15) is 0 Å². The van der Waals surface area contributed by atoms with E-state index in [1.807, 2.05) is 0 Å². The van der Waals surface area contributed by atoms with E-state index in [4.69, 9.17) is 16.7 Å². The standard InChI is InChI=1S/C8H10ClN3O4S/c1-2-6(17(10,15)16)5-3-4-11-8(9)7(5)12(13)14/h3-4,6H,2H2,1H3,(H2,10,15,16). The first-order chi connectivity index (χ1) is 7.79. The van der Waals surface area contributed by atoms with E-state index in [1.165, 1.54) is 12.3 Å². The third kappa shape index (κ3) is 2.90. The van der Waals surface area contributed by atoms with Gasteiger partial charge in [-0.1, -0.05) is 18.5 Å². The summed E-state index contributed by atoms with van der Waals surface area (Å²) in [5.74, 6) is 0. The molecule has 94 valence electrons. The van der Waals surface area contributed by atoms with Crippen molar-refractivity contribution in [3.63, 3.8) is 0 Å². The molecule has 2 N–H and O–H groups in total. The number of halogens is 1. The topological polar surface area (TPSA) is 116 Å².